The molecule has 4 atom stereocenters. The number of aromatic nitrogens is 7. The molecule has 0 aromatic carbocycles. The van der Waals surface area contributed by atoms with E-state index in [1.165, 1.54) is 15.9 Å². The number of nitrogens with zero attached hydrogens (tertiary/aromatic N) is 8. The highest BCUT2D eigenvalue weighted by molar-refractivity contribution is 8.03. The minimum absolute atomic E-state index is 0.0382. The average Bonchev–Trinajstić information content (AvgIpc) is 3.42. The molecule has 1 fully saturated rings. The smallest absolute Gasteiger partial charge is 0.306 e. The van der Waals surface area contributed by atoms with Crippen molar-refractivity contribution >= 4 is 23.6 Å². The summed E-state index contributed by atoms with van der Waals surface area (Å²) in [4.78, 5) is 32.2. The minimum Gasteiger partial charge on any atom is -0.351 e. The van der Waals surface area contributed by atoms with Crippen LogP contribution in [0.1, 0.15) is 13.8 Å². The summed E-state index contributed by atoms with van der Waals surface area (Å²) in [6.07, 6.45) is 7.09. The average molecular weight is 416 g/mol. The molecule has 2 amide bonds. The molecule has 3 aliphatic heterocycles. The lowest BCUT2D eigenvalue weighted by Gasteiger charge is -2.46. The summed E-state index contributed by atoms with van der Waals surface area (Å²) < 4.78 is 5.59. The second-order valence-electron chi connectivity index (χ2n) is 7.81. The molecule has 2 aromatic rings. The summed E-state index contributed by atoms with van der Waals surface area (Å²) in [5.41, 5.74) is 0. The Balaban J connectivity index is 1.19. The van der Waals surface area contributed by atoms with Crippen LogP contribution in [0.4, 0.5) is 0 Å². The molecular weight excluding hydrogens is 394 g/mol. The van der Waals surface area contributed by atoms with Crippen molar-refractivity contribution in [3.8, 4) is 0 Å². The van der Waals surface area contributed by atoms with Crippen LogP contribution in [-0.2, 0) is 29.2 Å². The maximum absolute atomic E-state index is 12.7. The largest absolute Gasteiger partial charge is 0.351 e. The molecule has 0 spiro atoms. The van der Waals surface area contributed by atoms with Gasteiger partial charge in [-0.3, -0.25) is 9.59 Å². The van der Waals surface area contributed by atoms with Gasteiger partial charge in [-0.25, -0.2) is 4.68 Å². The van der Waals surface area contributed by atoms with E-state index < -0.39 is 0 Å². The Bertz CT molecular complexity index is 951. The van der Waals surface area contributed by atoms with Crippen molar-refractivity contribution in [1.82, 2.24) is 40.1 Å². The zero-order valence-corrected chi connectivity index (χ0v) is 16.9. The maximum atomic E-state index is 12.7. The van der Waals surface area contributed by atoms with Crippen LogP contribution < -0.4 is 10.00 Å². The molecule has 152 valence electrons. The lowest BCUT2D eigenvalue weighted by Crippen LogP contribution is -2.64. The minimum atomic E-state index is -0.248. The Morgan fingerprint density at radius 2 is 2.31 bits per heavy atom. The molecule has 0 bridgehead atoms. The molecule has 0 radical (unpaired) electrons. The van der Waals surface area contributed by atoms with Gasteiger partial charge < -0.3 is 10.2 Å². The number of nitrogens with one attached hydrogen (secondary N) is 1. The fourth-order valence-electron chi connectivity index (χ4n) is 4.48. The van der Waals surface area contributed by atoms with E-state index in [1.807, 2.05) is 42.4 Å². The third-order valence-electron chi connectivity index (χ3n) is 5.89. The highest BCUT2D eigenvalue weighted by Gasteiger charge is 2.55. The van der Waals surface area contributed by atoms with Gasteiger partial charge in [0.15, 0.2) is 0 Å². The zero-order valence-electron chi connectivity index (χ0n) is 16.1. The van der Waals surface area contributed by atoms with Crippen molar-refractivity contribution in [2.75, 3.05) is 0 Å². The number of thioether (sulfide) groups is 1. The summed E-state index contributed by atoms with van der Waals surface area (Å²) in [6, 6.07) is -0.148. The van der Waals surface area contributed by atoms with Crippen LogP contribution in [0.5, 0.6) is 0 Å². The van der Waals surface area contributed by atoms with Gasteiger partial charge in [-0.15, -0.1) is 16.9 Å². The molecule has 5 rings (SSSR count). The first-order valence-corrected chi connectivity index (χ1v) is 10.5. The van der Waals surface area contributed by atoms with E-state index in [4.69, 9.17) is 0 Å². The first-order chi connectivity index (χ1) is 14.0. The maximum Gasteiger partial charge on any atom is 0.306 e. The normalized spacial score (nSPS) is 28.6. The number of amides is 2. The van der Waals surface area contributed by atoms with Gasteiger partial charge in [0.2, 0.25) is 18.1 Å². The predicted molar refractivity (Wildman–Crippen MR) is 101 cm³/mol. The highest BCUT2D eigenvalue weighted by atomic mass is 32.2. The summed E-state index contributed by atoms with van der Waals surface area (Å²) >= 11 is 1.85. The van der Waals surface area contributed by atoms with Crippen LogP contribution in [0.3, 0.4) is 0 Å². The van der Waals surface area contributed by atoms with Crippen molar-refractivity contribution in [3.05, 3.63) is 30.1 Å². The van der Waals surface area contributed by atoms with Crippen LogP contribution >= 0.6 is 11.8 Å². The topological polar surface area (TPSA) is 115 Å². The molecule has 0 unspecified atom stereocenters. The first-order valence-electron chi connectivity index (χ1n) is 9.62. The Morgan fingerprint density at radius 1 is 1.45 bits per heavy atom. The van der Waals surface area contributed by atoms with Gasteiger partial charge >= 0.3 is 6.33 Å². The van der Waals surface area contributed by atoms with Crippen molar-refractivity contribution in [2.45, 2.75) is 50.8 Å². The lowest BCUT2D eigenvalue weighted by atomic mass is 9.78. The summed E-state index contributed by atoms with van der Waals surface area (Å²) in [5.74, 6) is -0.0931. The fraction of sp³-hybridized carbons (Fsp3) is 0.588. The molecule has 1 saturated heterocycles. The van der Waals surface area contributed by atoms with Gasteiger partial charge in [0.05, 0.1) is 23.8 Å². The number of hydrogen-bond donors (Lipinski definition) is 1. The van der Waals surface area contributed by atoms with E-state index in [0.29, 0.717) is 5.25 Å². The van der Waals surface area contributed by atoms with Crippen LogP contribution in [-0.4, -0.2) is 63.9 Å². The van der Waals surface area contributed by atoms with Gasteiger partial charge in [-0.2, -0.15) is 9.36 Å². The van der Waals surface area contributed by atoms with E-state index >= 15 is 0 Å². The predicted octanol–water partition coefficient (Wildman–Crippen LogP) is -1.20. The number of carbonyl (C=O) groups is 2. The molecule has 0 saturated carbocycles. The number of β-lactam (4-membered cyclic amide) rings is 1. The number of hydrogen-bond acceptors (Lipinski definition) is 7. The molecule has 3 aliphatic rings. The number of rotatable bonds is 6. The SMILES string of the molecule is C[C@@H](NC(=O)Cn1cnnn1)[C@H]1C(=O)N2C=C(SC3Cn4cnc[n+]4C3)[C@H](C)[C@H]12. The molecular formula is C17H22N9O2S+. The Hall–Kier alpha value is -2.76. The Morgan fingerprint density at radius 3 is 3.07 bits per heavy atom. The Kier molecular flexibility index (Phi) is 4.37. The summed E-state index contributed by atoms with van der Waals surface area (Å²) in [6.45, 7) is 5.93. The van der Waals surface area contributed by atoms with Crippen LogP contribution in [0.15, 0.2) is 30.1 Å². The second-order valence-corrected chi connectivity index (χ2v) is 9.18. The molecule has 2 aromatic heterocycles. The van der Waals surface area contributed by atoms with Gasteiger partial charge in [-0.05, 0) is 22.3 Å². The van der Waals surface area contributed by atoms with Gasteiger partial charge in [0, 0.05) is 23.1 Å². The fourth-order valence-corrected chi connectivity index (χ4v) is 5.85. The molecule has 0 aliphatic carbocycles. The zero-order chi connectivity index (χ0) is 20.1. The molecule has 5 heterocycles. The van der Waals surface area contributed by atoms with Gasteiger partial charge in [0.25, 0.3) is 0 Å². The van der Waals surface area contributed by atoms with Crippen LogP contribution in [0.2, 0.25) is 0 Å². The van der Waals surface area contributed by atoms with E-state index in [9.17, 15) is 9.59 Å². The lowest BCUT2D eigenvalue weighted by molar-refractivity contribution is -0.758. The van der Waals surface area contributed by atoms with Gasteiger partial charge in [-0.1, -0.05) is 6.92 Å². The molecule has 11 nitrogen and oxygen atoms in total. The number of tetrazole rings is 1. The van der Waals surface area contributed by atoms with Crippen molar-refractivity contribution < 1.29 is 14.3 Å². The third-order valence-corrected chi connectivity index (χ3v) is 7.28. The second kappa shape index (κ2) is 6.94. The van der Waals surface area contributed by atoms with E-state index in [-0.39, 0.29) is 42.3 Å². The van der Waals surface area contributed by atoms with Crippen molar-refractivity contribution in [2.24, 2.45) is 11.8 Å². The highest BCUT2D eigenvalue weighted by Crippen LogP contribution is 2.47. The molecule has 12 heteroatoms. The monoisotopic (exact) mass is 416 g/mol. The van der Waals surface area contributed by atoms with Gasteiger partial charge in [0.1, 0.15) is 19.4 Å². The van der Waals surface area contributed by atoms with Crippen LogP contribution in [0.25, 0.3) is 0 Å². The van der Waals surface area contributed by atoms with Crippen molar-refractivity contribution in [1.29, 1.82) is 0 Å². The van der Waals surface area contributed by atoms with E-state index in [0.717, 1.165) is 13.1 Å². The summed E-state index contributed by atoms with van der Waals surface area (Å²) in [7, 11) is 0. The molecule has 1 N–H and O–H groups in total. The van der Waals surface area contributed by atoms with Crippen molar-refractivity contribution in [3.63, 3.8) is 0 Å². The van der Waals surface area contributed by atoms with E-state index in [2.05, 4.69) is 42.1 Å². The number of fused-ring (bicyclic) bond motifs is 2. The van der Waals surface area contributed by atoms with Crippen LogP contribution in [0, 0.1) is 11.8 Å². The number of carbonyl (C=O) groups excluding carboxylic acids is 2. The third kappa shape index (κ3) is 3.11. The first kappa shape index (κ1) is 18.3. The van der Waals surface area contributed by atoms with E-state index in [1.54, 1.807) is 0 Å². The quantitative estimate of drug-likeness (QED) is 0.464. The molecule has 29 heavy (non-hydrogen) atoms. The summed E-state index contributed by atoms with van der Waals surface area (Å²) in [5, 5.41) is 14.1. The Labute approximate surface area is 171 Å². The standard InChI is InChI=1S/C17H21N9O2S/c1-10-13(29-12-3-24-7-18-8-25(24)4-12)5-26-16(10)15(17(26)28)11(2)20-14(27)6-23-9-19-21-22-23/h5,7-12,15-16H,3-4,6H2,1-2H3/p+1/t10-,11+,15+,16+/m0/s1.